The van der Waals surface area contributed by atoms with E-state index in [0.717, 1.165) is 57.8 Å². The van der Waals surface area contributed by atoms with Gasteiger partial charge in [0.05, 0.1) is 0 Å². The van der Waals surface area contributed by atoms with Crippen molar-refractivity contribution in [1.29, 1.82) is 0 Å². The standard InChI is InChI=1S/2C9H21N3.3C8H16O2.2Mn/c2*1-10-4-6-11(2)8-9-12(3)7-5-10;3*1-3-5-6-7(4-2)8(9)10;;/h2*4-9H2,1-3H3;3*7H,3-6H2,1-2H3,(H,9,10);;/q;;;;;;+3/p-3. The van der Waals surface area contributed by atoms with Crippen LogP contribution in [0.1, 0.15) is 119 Å². The molecule has 2 aliphatic heterocycles. The van der Waals surface area contributed by atoms with Gasteiger partial charge in [-0.05, 0) is 98.6 Å². The fourth-order valence-corrected chi connectivity index (χ4v) is 5.54. The van der Waals surface area contributed by atoms with E-state index in [1.165, 1.54) is 78.5 Å². The number of rotatable bonds is 15. The van der Waals surface area contributed by atoms with Crippen LogP contribution in [-0.2, 0) is 48.5 Å². The summed E-state index contributed by atoms with van der Waals surface area (Å²) in [5.41, 5.74) is 0. The fourth-order valence-electron chi connectivity index (χ4n) is 5.54. The fraction of sp³-hybridized carbons (Fsp3) is 0.929. The minimum atomic E-state index is -0.893. The maximum atomic E-state index is 10.3. The van der Waals surface area contributed by atoms with Crippen LogP contribution in [-0.4, -0.2) is 168 Å². The van der Waals surface area contributed by atoms with Gasteiger partial charge in [-0.3, -0.25) is 0 Å². The molecule has 1 radical (unpaired) electrons. The average molecular weight is 882 g/mol. The summed E-state index contributed by atoms with van der Waals surface area (Å²) < 4.78 is 0. The van der Waals surface area contributed by atoms with Crippen LogP contribution in [0.4, 0.5) is 0 Å². The van der Waals surface area contributed by atoms with Crippen LogP contribution in [0.2, 0.25) is 0 Å². The molecule has 0 amide bonds. The topological polar surface area (TPSA) is 140 Å². The predicted octanol–water partition coefficient (Wildman–Crippen LogP) is 2.44. The van der Waals surface area contributed by atoms with Crippen LogP contribution < -0.4 is 15.3 Å². The van der Waals surface area contributed by atoms with Crippen LogP contribution in [0.15, 0.2) is 0 Å². The Balaban J connectivity index is -0.000000193. The van der Waals surface area contributed by atoms with E-state index >= 15 is 0 Å². The van der Waals surface area contributed by atoms with Gasteiger partial charge < -0.3 is 59.1 Å². The van der Waals surface area contributed by atoms with Crippen molar-refractivity contribution in [2.45, 2.75) is 119 Å². The molecule has 0 N–H and O–H groups in total. The van der Waals surface area contributed by atoms with Crippen molar-refractivity contribution in [1.82, 2.24) is 29.4 Å². The largest absolute Gasteiger partial charge is 3.00 e. The molecule has 335 valence electrons. The second-order valence-corrected chi connectivity index (χ2v) is 15.5. The first-order valence-electron chi connectivity index (χ1n) is 21.3. The van der Waals surface area contributed by atoms with E-state index in [0.29, 0.717) is 19.3 Å². The molecule has 0 spiro atoms. The molecule has 0 saturated carbocycles. The summed E-state index contributed by atoms with van der Waals surface area (Å²) in [6.45, 7) is 26.2. The Bertz CT molecular complexity index is 733. The van der Waals surface area contributed by atoms with Crippen LogP contribution in [0.3, 0.4) is 0 Å². The average Bonchev–Trinajstić information content (AvgIpc) is 3.25. The minimum Gasteiger partial charge on any atom is -0.550 e. The van der Waals surface area contributed by atoms with Gasteiger partial charge in [0.25, 0.3) is 0 Å². The third-order valence-corrected chi connectivity index (χ3v) is 10.4. The number of carbonyl (C=O) groups excluding carboxylic acids is 3. The van der Waals surface area contributed by atoms with Crippen molar-refractivity contribution in [3.8, 4) is 0 Å². The Hall–Kier alpha value is -0.791. The molecule has 14 heteroatoms. The summed E-state index contributed by atoms with van der Waals surface area (Å²) in [6.07, 6.45) is 10.6. The molecule has 2 fully saturated rings. The molecule has 0 aromatic rings. The van der Waals surface area contributed by atoms with Gasteiger partial charge in [-0.15, -0.1) is 0 Å². The second kappa shape index (κ2) is 43.8. The number of carboxylic acid groups (broad SMARTS) is 3. The minimum absolute atomic E-state index is 0. The summed E-state index contributed by atoms with van der Waals surface area (Å²) >= 11 is 0. The Kier molecular flexibility index (Phi) is 50.3. The van der Waals surface area contributed by atoms with Gasteiger partial charge in [0.2, 0.25) is 0 Å². The Morgan fingerprint density at radius 2 is 0.536 bits per heavy atom. The van der Waals surface area contributed by atoms with Gasteiger partial charge in [-0.2, -0.15) is 0 Å². The van der Waals surface area contributed by atoms with Gasteiger partial charge in [-0.25, -0.2) is 0 Å². The Morgan fingerprint density at radius 1 is 0.393 bits per heavy atom. The zero-order valence-electron chi connectivity index (χ0n) is 38.1. The first-order valence-corrected chi connectivity index (χ1v) is 21.3. The molecule has 2 aliphatic rings. The predicted molar refractivity (Wildman–Crippen MR) is 220 cm³/mol. The SMILES string of the molecule is CCCCC(CC)C(=O)[O-].CCCCC(CC)C(=O)[O-].CCCCC(CC)C(=O)[O-].CN1CCN(C)CCN(C)CC1.CN1CCN(C)CCN(C)CC1.[Mn+3].[Mn]. The first kappa shape index (κ1) is 64.4. The number of aliphatic carboxylic acids is 3. The zero-order chi connectivity index (χ0) is 41.9. The van der Waals surface area contributed by atoms with E-state index in [4.69, 9.17) is 0 Å². The molecule has 2 heterocycles. The molecule has 56 heavy (non-hydrogen) atoms. The normalized spacial score (nSPS) is 18.2. The van der Waals surface area contributed by atoms with Gasteiger partial charge in [0.15, 0.2) is 0 Å². The van der Waals surface area contributed by atoms with E-state index in [-0.39, 0.29) is 51.9 Å². The van der Waals surface area contributed by atoms with Crippen LogP contribution in [0.5, 0.6) is 0 Å². The molecule has 0 aromatic carbocycles. The monoisotopic (exact) mass is 882 g/mol. The molecule has 2 rings (SSSR count). The summed E-state index contributed by atoms with van der Waals surface area (Å²) in [6, 6.07) is 0. The zero-order valence-corrected chi connectivity index (χ0v) is 40.5. The van der Waals surface area contributed by atoms with E-state index < -0.39 is 17.9 Å². The summed E-state index contributed by atoms with van der Waals surface area (Å²) in [7, 11) is 13.2. The van der Waals surface area contributed by atoms with Crippen molar-refractivity contribution >= 4 is 17.9 Å². The van der Waals surface area contributed by atoms with Crippen LogP contribution in [0, 0.1) is 17.8 Å². The number of hydrogen-bond acceptors (Lipinski definition) is 12. The molecule has 0 bridgehead atoms. The second-order valence-electron chi connectivity index (χ2n) is 15.5. The summed E-state index contributed by atoms with van der Waals surface area (Å²) in [5.74, 6) is -3.34. The van der Waals surface area contributed by atoms with Crippen molar-refractivity contribution < 1.29 is 63.8 Å². The molecule has 3 unspecified atom stereocenters. The van der Waals surface area contributed by atoms with E-state index in [1.807, 2.05) is 20.8 Å². The molecule has 3 atom stereocenters. The van der Waals surface area contributed by atoms with Gasteiger partial charge in [0.1, 0.15) is 0 Å². The van der Waals surface area contributed by atoms with Gasteiger partial charge in [-0.1, -0.05) is 80.1 Å². The number of likely N-dealkylation sites (N-methyl/N-ethyl adjacent to an activating group) is 6. The molecular formula is C42H87Mn2N6O6. The van der Waals surface area contributed by atoms with E-state index in [1.54, 1.807) is 0 Å². The maximum absolute atomic E-state index is 10.3. The van der Waals surface area contributed by atoms with E-state index in [2.05, 4.69) is 92.5 Å². The number of unbranched alkanes of at least 4 members (excludes halogenated alkanes) is 3. The Labute approximate surface area is 366 Å². The van der Waals surface area contributed by atoms with Crippen molar-refractivity contribution in [2.75, 3.05) is 121 Å². The maximum Gasteiger partial charge on any atom is 3.00 e. The number of carboxylic acids is 3. The number of carbonyl (C=O) groups is 3. The summed E-state index contributed by atoms with van der Waals surface area (Å²) in [5, 5.41) is 31.0. The molecular weight excluding hydrogens is 794 g/mol. The Morgan fingerprint density at radius 3 is 0.625 bits per heavy atom. The smallest absolute Gasteiger partial charge is 0.550 e. The summed E-state index contributed by atoms with van der Waals surface area (Å²) in [4.78, 5) is 45.4. The number of hydrogen-bond donors (Lipinski definition) is 0. The van der Waals surface area contributed by atoms with Gasteiger partial charge in [0, 0.05) is 114 Å². The molecule has 0 aromatic heterocycles. The quantitative estimate of drug-likeness (QED) is 0.224. The van der Waals surface area contributed by atoms with Crippen molar-refractivity contribution in [3.63, 3.8) is 0 Å². The third kappa shape index (κ3) is 41.4. The van der Waals surface area contributed by atoms with Crippen LogP contribution in [0.25, 0.3) is 0 Å². The van der Waals surface area contributed by atoms with Gasteiger partial charge >= 0.3 is 17.1 Å². The molecule has 12 nitrogen and oxygen atoms in total. The number of nitrogens with zero attached hydrogens (tertiary/aromatic N) is 6. The van der Waals surface area contributed by atoms with Crippen molar-refractivity contribution in [3.05, 3.63) is 0 Å². The third-order valence-electron chi connectivity index (χ3n) is 10.4. The van der Waals surface area contributed by atoms with Crippen LogP contribution >= 0.6 is 0 Å². The van der Waals surface area contributed by atoms with Crippen molar-refractivity contribution in [2.24, 2.45) is 17.8 Å². The molecule has 2 saturated heterocycles. The molecule has 0 aliphatic carbocycles. The van der Waals surface area contributed by atoms with E-state index in [9.17, 15) is 29.7 Å². The first-order chi connectivity index (χ1) is 25.5.